The maximum Gasteiger partial charge on any atom is 0.161 e. The van der Waals surface area contributed by atoms with Crippen LogP contribution in [0.3, 0.4) is 0 Å². The second-order valence-corrected chi connectivity index (χ2v) is 4.66. The zero-order valence-corrected chi connectivity index (χ0v) is 11.5. The molecule has 2 rings (SSSR count). The maximum atomic E-state index is 13.4. The molecule has 0 aliphatic rings. The van der Waals surface area contributed by atoms with Crippen molar-refractivity contribution in [3.05, 3.63) is 45.4 Å². The molecular weight excluding hydrogens is 274 g/mol. The fourth-order valence-electron chi connectivity index (χ4n) is 1.64. The van der Waals surface area contributed by atoms with Gasteiger partial charge in [-0.15, -0.1) is 0 Å². The van der Waals surface area contributed by atoms with Crippen molar-refractivity contribution in [1.82, 2.24) is 9.97 Å². The SMILES string of the molecule is CCc1nc(-c2ccc(Cl)c(F)c2)nc(Cl)c1C. The van der Waals surface area contributed by atoms with Crippen molar-refractivity contribution >= 4 is 23.2 Å². The quantitative estimate of drug-likeness (QED) is 0.761. The van der Waals surface area contributed by atoms with Crippen LogP contribution in [-0.4, -0.2) is 9.97 Å². The van der Waals surface area contributed by atoms with E-state index in [-0.39, 0.29) is 5.02 Å². The van der Waals surface area contributed by atoms with Crippen LogP contribution < -0.4 is 0 Å². The first kappa shape index (κ1) is 13.2. The Balaban J connectivity index is 2.57. The average Bonchev–Trinajstić information content (AvgIpc) is 2.36. The van der Waals surface area contributed by atoms with Crippen molar-refractivity contribution < 1.29 is 4.39 Å². The molecule has 0 unspecified atom stereocenters. The van der Waals surface area contributed by atoms with E-state index in [9.17, 15) is 4.39 Å². The van der Waals surface area contributed by atoms with E-state index < -0.39 is 5.82 Å². The monoisotopic (exact) mass is 284 g/mol. The molecule has 1 aromatic heterocycles. The van der Waals surface area contributed by atoms with Gasteiger partial charge in [0.25, 0.3) is 0 Å². The van der Waals surface area contributed by atoms with Crippen LogP contribution in [0.2, 0.25) is 10.2 Å². The third-order valence-electron chi connectivity index (χ3n) is 2.70. The Kier molecular flexibility index (Phi) is 3.83. The Morgan fingerprint density at radius 1 is 1.22 bits per heavy atom. The van der Waals surface area contributed by atoms with Gasteiger partial charge in [0.05, 0.1) is 5.02 Å². The second kappa shape index (κ2) is 5.21. The van der Waals surface area contributed by atoms with Gasteiger partial charge >= 0.3 is 0 Å². The van der Waals surface area contributed by atoms with Crippen LogP contribution in [0.15, 0.2) is 18.2 Å². The normalized spacial score (nSPS) is 10.7. The number of nitrogens with zero attached hydrogens (tertiary/aromatic N) is 2. The van der Waals surface area contributed by atoms with Crippen LogP contribution in [0.25, 0.3) is 11.4 Å². The molecule has 0 bridgehead atoms. The Morgan fingerprint density at radius 3 is 2.56 bits per heavy atom. The highest BCUT2D eigenvalue weighted by Gasteiger charge is 2.11. The third-order valence-corrected chi connectivity index (χ3v) is 3.37. The number of rotatable bonds is 2. The molecule has 0 aliphatic heterocycles. The summed E-state index contributed by atoms with van der Waals surface area (Å²) in [7, 11) is 0. The highest BCUT2D eigenvalue weighted by Crippen LogP contribution is 2.25. The minimum Gasteiger partial charge on any atom is -0.233 e. The first-order chi connectivity index (χ1) is 8.52. The molecule has 0 radical (unpaired) electrons. The number of aromatic nitrogens is 2. The van der Waals surface area contributed by atoms with E-state index in [1.54, 1.807) is 6.07 Å². The van der Waals surface area contributed by atoms with Crippen LogP contribution in [0.5, 0.6) is 0 Å². The lowest BCUT2D eigenvalue weighted by Crippen LogP contribution is -1.99. The highest BCUT2D eigenvalue weighted by atomic mass is 35.5. The fourth-order valence-corrected chi connectivity index (χ4v) is 1.95. The molecule has 0 saturated carbocycles. The van der Waals surface area contributed by atoms with Crippen molar-refractivity contribution in [2.24, 2.45) is 0 Å². The molecule has 94 valence electrons. The zero-order chi connectivity index (χ0) is 13.3. The summed E-state index contributed by atoms with van der Waals surface area (Å²) in [5.74, 6) is -0.0782. The summed E-state index contributed by atoms with van der Waals surface area (Å²) < 4.78 is 13.4. The molecule has 1 aromatic carbocycles. The van der Waals surface area contributed by atoms with Crippen LogP contribution in [0.1, 0.15) is 18.2 Å². The molecule has 18 heavy (non-hydrogen) atoms. The largest absolute Gasteiger partial charge is 0.233 e. The Labute approximate surface area is 115 Å². The van der Waals surface area contributed by atoms with Crippen LogP contribution in [-0.2, 0) is 6.42 Å². The number of benzene rings is 1. The van der Waals surface area contributed by atoms with Gasteiger partial charge in [0.15, 0.2) is 5.82 Å². The Morgan fingerprint density at radius 2 is 1.94 bits per heavy atom. The predicted octanol–water partition coefficient (Wildman–Crippen LogP) is 4.46. The molecule has 0 amide bonds. The molecule has 0 N–H and O–H groups in total. The molecule has 1 heterocycles. The Bertz CT molecular complexity index is 600. The minimum atomic E-state index is -0.493. The standard InChI is InChI=1S/C13H11Cl2FN2/c1-3-11-7(2)12(15)18-13(17-11)8-4-5-9(14)10(16)6-8/h4-6H,3H2,1-2H3. The lowest BCUT2D eigenvalue weighted by molar-refractivity contribution is 0.628. The van der Waals surface area contributed by atoms with Gasteiger partial charge in [-0.25, -0.2) is 14.4 Å². The lowest BCUT2D eigenvalue weighted by Gasteiger charge is -2.08. The van der Waals surface area contributed by atoms with E-state index in [1.807, 2.05) is 13.8 Å². The van der Waals surface area contributed by atoms with Crippen molar-refractivity contribution in [3.8, 4) is 11.4 Å². The first-order valence-electron chi connectivity index (χ1n) is 5.51. The molecule has 0 atom stereocenters. The van der Waals surface area contributed by atoms with Crippen LogP contribution in [0, 0.1) is 12.7 Å². The highest BCUT2D eigenvalue weighted by molar-refractivity contribution is 6.31. The van der Waals surface area contributed by atoms with Gasteiger partial charge in [-0.05, 0) is 31.5 Å². The third kappa shape index (κ3) is 2.47. The molecule has 0 aliphatic carbocycles. The van der Waals surface area contributed by atoms with Gasteiger partial charge in [0.2, 0.25) is 0 Å². The van der Waals surface area contributed by atoms with Gasteiger partial charge in [-0.2, -0.15) is 0 Å². The number of aryl methyl sites for hydroxylation is 1. The summed E-state index contributed by atoms with van der Waals surface area (Å²) in [6.07, 6.45) is 0.747. The molecular formula is C13H11Cl2FN2. The van der Waals surface area contributed by atoms with Crippen molar-refractivity contribution in [2.45, 2.75) is 20.3 Å². The predicted molar refractivity (Wildman–Crippen MR) is 71.6 cm³/mol. The minimum absolute atomic E-state index is 0.0765. The first-order valence-corrected chi connectivity index (χ1v) is 6.27. The summed E-state index contributed by atoms with van der Waals surface area (Å²) in [6.45, 7) is 3.85. The molecule has 0 fully saturated rings. The van der Waals surface area contributed by atoms with Crippen molar-refractivity contribution in [3.63, 3.8) is 0 Å². The average molecular weight is 285 g/mol. The number of hydrogen-bond donors (Lipinski definition) is 0. The number of halogens is 3. The van der Waals surface area contributed by atoms with Gasteiger partial charge in [0.1, 0.15) is 11.0 Å². The lowest BCUT2D eigenvalue weighted by atomic mass is 10.1. The maximum absolute atomic E-state index is 13.4. The smallest absolute Gasteiger partial charge is 0.161 e. The topological polar surface area (TPSA) is 25.8 Å². The summed E-state index contributed by atoms with van der Waals surface area (Å²) in [6, 6.07) is 4.46. The van der Waals surface area contributed by atoms with Crippen LogP contribution in [0.4, 0.5) is 4.39 Å². The summed E-state index contributed by atoms with van der Waals surface area (Å²) in [5.41, 5.74) is 2.28. The van der Waals surface area contributed by atoms with E-state index >= 15 is 0 Å². The van der Waals surface area contributed by atoms with Gasteiger partial charge in [-0.3, -0.25) is 0 Å². The van der Waals surface area contributed by atoms with Gasteiger partial charge in [0, 0.05) is 16.8 Å². The zero-order valence-electron chi connectivity index (χ0n) is 9.97. The van der Waals surface area contributed by atoms with Gasteiger partial charge in [-0.1, -0.05) is 30.1 Å². The van der Waals surface area contributed by atoms with E-state index in [2.05, 4.69) is 9.97 Å². The van der Waals surface area contributed by atoms with E-state index in [0.29, 0.717) is 16.5 Å². The molecule has 0 spiro atoms. The molecule has 0 saturated heterocycles. The molecule has 2 aromatic rings. The fraction of sp³-hybridized carbons (Fsp3) is 0.231. The van der Waals surface area contributed by atoms with E-state index in [4.69, 9.17) is 23.2 Å². The Hall–Kier alpha value is -1.19. The summed E-state index contributed by atoms with van der Waals surface area (Å²) in [5, 5.41) is 0.472. The van der Waals surface area contributed by atoms with Gasteiger partial charge < -0.3 is 0 Å². The summed E-state index contributed by atoms with van der Waals surface area (Å²) in [4.78, 5) is 8.55. The number of hydrogen-bond acceptors (Lipinski definition) is 2. The van der Waals surface area contributed by atoms with Crippen LogP contribution >= 0.6 is 23.2 Å². The molecule has 2 nitrogen and oxygen atoms in total. The van der Waals surface area contributed by atoms with Crippen molar-refractivity contribution in [1.29, 1.82) is 0 Å². The van der Waals surface area contributed by atoms with Crippen molar-refractivity contribution in [2.75, 3.05) is 0 Å². The summed E-state index contributed by atoms with van der Waals surface area (Å²) >= 11 is 11.7. The molecule has 5 heteroatoms. The second-order valence-electron chi connectivity index (χ2n) is 3.89. The van der Waals surface area contributed by atoms with E-state index in [1.165, 1.54) is 12.1 Å². The van der Waals surface area contributed by atoms with E-state index in [0.717, 1.165) is 17.7 Å².